The molecule has 0 aliphatic rings. The van der Waals surface area contributed by atoms with Crippen LogP contribution in [0.5, 0.6) is 0 Å². The van der Waals surface area contributed by atoms with Crippen LogP contribution in [0.4, 0.5) is 0 Å². The van der Waals surface area contributed by atoms with Crippen LogP contribution in [0.2, 0.25) is 0 Å². The summed E-state index contributed by atoms with van der Waals surface area (Å²) in [4.78, 5) is 0. The van der Waals surface area contributed by atoms with E-state index in [0.717, 1.165) is 0 Å². The first kappa shape index (κ1) is 37.4. The number of hydrogen-bond acceptors (Lipinski definition) is 0. The molecule has 0 aliphatic heterocycles. The van der Waals surface area contributed by atoms with E-state index in [4.69, 9.17) is 34.8 Å². The zero-order chi connectivity index (χ0) is 27.0. The van der Waals surface area contributed by atoms with Crippen molar-refractivity contribution in [1.82, 2.24) is 0 Å². The first-order valence-electron chi connectivity index (χ1n) is 10.5. The van der Waals surface area contributed by atoms with Crippen molar-refractivity contribution < 1.29 is 42.4 Å². The molecule has 37 heavy (non-hydrogen) atoms. The normalized spacial score (nSPS) is 10.4. The third-order valence-electron chi connectivity index (χ3n) is 5.00. The second-order valence-corrected chi connectivity index (χ2v) is 15.1. The second-order valence-electron chi connectivity index (χ2n) is 7.49. The quantitative estimate of drug-likeness (QED) is 0.109. The number of halogens is 4. The fourth-order valence-electron chi connectivity index (χ4n) is 3.15. The predicted molar refractivity (Wildman–Crippen MR) is 166 cm³/mol. The molecule has 207 valence electrons. The second kappa shape index (κ2) is 20.3. The Bertz CT molecular complexity index is 911. The van der Waals surface area contributed by atoms with Crippen molar-refractivity contribution in [2.24, 2.45) is 0 Å². The molecule has 4 rings (SSSR count). The Hall–Kier alpha value is 0.381. The van der Waals surface area contributed by atoms with Gasteiger partial charge in [-0.25, -0.2) is 0 Å². The summed E-state index contributed by atoms with van der Waals surface area (Å²) in [6.45, 7) is 17.2. The summed E-state index contributed by atoms with van der Waals surface area (Å²) in [5, 5.41) is 4.99. The van der Waals surface area contributed by atoms with Gasteiger partial charge < -0.3 is 34.8 Å². The fraction of sp³-hybridized carbons (Fsp3) is 0. The molecule has 0 N–H and O–H groups in total. The van der Waals surface area contributed by atoms with Crippen LogP contribution >= 0.6 is 58.5 Å². The van der Waals surface area contributed by atoms with Crippen LogP contribution in [0.3, 0.4) is 0 Å². The number of rotatable bonds is 4. The summed E-state index contributed by atoms with van der Waals surface area (Å²) in [6.07, 6.45) is 0. The Morgan fingerprint density at radius 2 is 0.568 bits per heavy atom. The standard InChI is InChI=1S/2C14H14P.CCl3.2Au.ClH/c2*1-15(2,13-9-5-3-6-10-13)14-11-7-4-8-12-14;2-1(3)4;;;/h2*3-12H,1-2H2;;;;1H/q3*-1;;+1;/p-1. The van der Waals surface area contributed by atoms with Gasteiger partial charge in [0.25, 0.3) is 0 Å². The van der Waals surface area contributed by atoms with Gasteiger partial charge in [0.05, 0.1) is 0 Å². The van der Waals surface area contributed by atoms with Gasteiger partial charge in [-0.3, -0.25) is 0 Å². The van der Waals surface area contributed by atoms with E-state index in [2.05, 4.69) is 84.4 Å². The van der Waals surface area contributed by atoms with E-state index in [9.17, 15) is 0 Å². The third kappa shape index (κ3) is 13.5. The van der Waals surface area contributed by atoms with E-state index < -0.39 is 14.5 Å². The van der Waals surface area contributed by atoms with Gasteiger partial charge in [-0.05, 0) is 48.5 Å². The van der Waals surface area contributed by atoms with Crippen LogP contribution in [-0.4, -0.2) is 0 Å². The van der Waals surface area contributed by atoms with E-state index in [1.807, 2.05) is 72.8 Å². The minimum atomic E-state index is -1.65. The number of benzene rings is 4. The average Bonchev–Trinajstić information content (AvgIpc) is 2.92. The molecule has 0 unspecified atom stereocenters. The molecule has 0 bridgehead atoms. The van der Waals surface area contributed by atoms with Gasteiger partial charge in [-0.1, -0.05) is 77.1 Å². The molecule has 0 aliphatic carbocycles. The van der Waals surface area contributed by atoms with Crippen molar-refractivity contribution in [1.29, 1.82) is 0 Å². The summed E-state index contributed by atoms with van der Waals surface area (Å²) in [5.41, 5.74) is 0. The molecule has 4 aromatic rings. The Kier molecular flexibility index (Phi) is 20.5. The summed E-state index contributed by atoms with van der Waals surface area (Å²) < 4.78 is -0.167. The van der Waals surface area contributed by atoms with Crippen molar-refractivity contribution in [3.05, 3.63) is 152 Å². The summed E-state index contributed by atoms with van der Waals surface area (Å²) in [5.74, 6) is 0. The molecule has 4 aromatic carbocycles. The monoisotopic (exact) mass is 972 g/mol. The third-order valence-corrected chi connectivity index (χ3v) is 10.1. The molecule has 0 atom stereocenters. The Morgan fingerprint density at radius 3 is 0.703 bits per heavy atom. The maximum atomic E-state index is 4.72. The van der Waals surface area contributed by atoms with Crippen molar-refractivity contribution in [3.8, 4) is 0 Å². The SMILES string of the molecule is Cl[C-](Cl)Cl.[Au].[CH2-][P+]([CH2-])(c1ccccc1)c1ccccc1.[CH2-][P+]([CH2-])(c1ccccc1)c1ccccc1.[Cl][Au]. The van der Waals surface area contributed by atoms with E-state index in [0.29, 0.717) is 0 Å². The van der Waals surface area contributed by atoms with Gasteiger partial charge in [0.15, 0.2) is 0 Å². The first-order chi connectivity index (χ1) is 17.2. The molecule has 0 nitrogen and oxygen atoms in total. The fourth-order valence-corrected chi connectivity index (χ4v) is 6.72. The van der Waals surface area contributed by atoms with Crippen molar-refractivity contribution in [3.63, 3.8) is 0 Å². The van der Waals surface area contributed by atoms with Crippen LogP contribution in [0.25, 0.3) is 0 Å². The van der Waals surface area contributed by atoms with Crippen molar-refractivity contribution in [2.45, 2.75) is 0 Å². The Morgan fingerprint density at radius 1 is 0.432 bits per heavy atom. The van der Waals surface area contributed by atoms with Gasteiger partial charge >= 0.3 is 29.2 Å². The molecule has 1 radical (unpaired) electrons. The Balaban J connectivity index is 0.000000567. The predicted octanol–water partition coefficient (Wildman–Crippen LogP) is 9.31. The van der Waals surface area contributed by atoms with Gasteiger partial charge in [-0.15, -0.1) is 0 Å². The van der Waals surface area contributed by atoms with Crippen LogP contribution in [-0.2, 0) is 42.4 Å². The van der Waals surface area contributed by atoms with E-state index >= 15 is 0 Å². The van der Waals surface area contributed by atoms with E-state index in [1.165, 1.54) is 21.2 Å². The molecule has 0 saturated heterocycles. The zero-order valence-corrected chi connectivity index (χ0v) is 29.0. The zero-order valence-electron chi connectivity index (χ0n) is 19.9. The summed E-state index contributed by atoms with van der Waals surface area (Å²) in [7, 11) is 1.29. The van der Waals surface area contributed by atoms with Crippen LogP contribution < -0.4 is 21.2 Å². The average molecular weight is 974 g/mol. The van der Waals surface area contributed by atoms with Crippen molar-refractivity contribution in [2.75, 3.05) is 0 Å². The molecule has 0 aromatic heterocycles. The van der Waals surface area contributed by atoms with Crippen LogP contribution in [0, 0.1) is 31.0 Å². The molecule has 8 heteroatoms. The molecular formula is C29H28Au2Cl4P2-3. The van der Waals surface area contributed by atoms with Crippen LogP contribution in [0.15, 0.2) is 121 Å². The number of hydrogen-bond donors (Lipinski definition) is 0. The molecule has 0 heterocycles. The molecule has 0 fully saturated rings. The molecular weight excluding hydrogens is 946 g/mol. The molecule has 0 amide bonds. The Labute approximate surface area is 271 Å². The minimum absolute atomic E-state index is 0. The first-order valence-corrected chi connectivity index (χ1v) is 18.6. The molecule has 0 spiro atoms. The van der Waals surface area contributed by atoms with E-state index in [1.54, 1.807) is 20.0 Å². The van der Waals surface area contributed by atoms with Gasteiger partial charge in [0, 0.05) is 43.6 Å². The summed E-state index contributed by atoms with van der Waals surface area (Å²) >= 11 is 15.9. The molecule has 0 saturated carbocycles. The van der Waals surface area contributed by atoms with Gasteiger partial charge in [0.1, 0.15) is 0 Å². The van der Waals surface area contributed by atoms with Gasteiger partial charge in [-0.2, -0.15) is 41.2 Å². The van der Waals surface area contributed by atoms with E-state index in [-0.39, 0.29) is 26.7 Å². The van der Waals surface area contributed by atoms with Gasteiger partial charge in [0.2, 0.25) is 0 Å². The summed E-state index contributed by atoms with van der Waals surface area (Å²) in [6, 6.07) is 41.3. The topological polar surface area (TPSA) is 0 Å². The van der Waals surface area contributed by atoms with Crippen molar-refractivity contribution >= 4 is 79.7 Å². The maximum absolute atomic E-state index is 4.72. The van der Waals surface area contributed by atoms with Crippen LogP contribution in [0.1, 0.15) is 0 Å².